The standard InChI is InChI=1S/C29H32N2O6S/c1-21(32)27(31(2)19-22-9-5-3-6-10-22)15-16-36-25-14-13-23-17-24(20-37-28(23)18-25)29(33)30-38(34,35)26-11-7-4-8-12-26/h3-14,18,24,32H,15-17,19-20H2,1-2H3,(H,30,33)/b27-21-. The summed E-state index contributed by atoms with van der Waals surface area (Å²) in [6, 6.07) is 23.2. The molecule has 1 amide bonds. The fourth-order valence-corrected chi connectivity index (χ4v) is 5.42. The van der Waals surface area contributed by atoms with Crippen LogP contribution in [0, 0.1) is 5.92 Å². The Morgan fingerprint density at radius 1 is 1.08 bits per heavy atom. The fourth-order valence-electron chi connectivity index (χ4n) is 4.35. The van der Waals surface area contributed by atoms with Crippen molar-refractivity contribution < 1.29 is 27.8 Å². The molecule has 0 aromatic heterocycles. The fraction of sp³-hybridized carbons (Fsp3) is 0.276. The number of carbonyl (C=O) groups excluding carboxylic acids is 1. The van der Waals surface area contributed by atoms with Crippen LogP contribution in [0.3, 0.4) is 0 Å². The number of ether oxygens (including phenoxy) is 2. The van der Waals surface area contributed by atoms with Gasteiger partial charge in [0, 0.05) is 26.1 Å². The summed E-state index contributed by atoms with van der Waals surface area (Å²) >= 11 is 0. The van der Waals surface area contributed by atoms with Crippen molar-refractivity contribution in [3.63, 3.8) is 0 Å². The van der Waals surface area contributed by atoms with Gasteiger partial charge in [-0.15, -0.1) is 0 Å². The summed E-state index contributed by atoms with van der Waals surface area (Å²) in [6.45, 7) is 2.75. The molecule has 0 fully saturated rings. The van der Waals surface area contributed by atoms with Crippen LogP contribution in [0.15, 0.2) is 95.2 Å². The van der Waals surface area contributed by atoms with Crippen LogP contribution in [0.5, 0.6) is 11.5 Å². The van der Waals surface area contributed by atoms with Gasteiger partial charge in [-0.3, -0.25) is 4.79 Å². The number of rotatable bonds is 10. The summed E-state index contributed by atoms with van der Waals surface area (Å²) in [5.74, 6) is 0.234. The van der Waals surface area contributed by atoms with Gasteiger partial charge in [-0.25, -0.2) is 13.1 Å². The van der Waals surface area contributed by atoms with Crippen molar-refractivity contribution in [3.05, 3.63) is 101 Å². The van der Waals surface area contributed by atoms with E-state index < -0.39 is 21.8 Å². The number of aliphatic hydroxyl groups excluding tert-OH is 1. The predicted octanol–water partition coefficient (Wildman–Crippen LogP) is 4.43. The molecule has 4 rings (SSSR count). The minimum absolute atomic E-state index is 0.0351. The van der Waals surface area contributed by atoms with E-state index in [-0.39, 0.29) is 17.3 Å². The lowest BCUT2D eigenvalue weighted by atomic mass is 9.96. The molecule has 1 atom stereocenters. The van der Waals surface area contributed by atoms with Crippen LogP contribution >= 0.6 is 0 Å². The Morgan fingerprint density at radius 3 is 2.45 bits per heavy atom. The molecule has 1 heterocycles. The quantitative estimate of drug-likeness (QED) is 0.369. The molecule has 2 N–H and O–H groups in total. The number of hydrogen-bond acceptors (Lipinski definition) is 7. The first kappa shape index (κ1) is 27.1. The van der Waals surface area contributed by atoms with Crippen LogP contribution in [0.4, 0.5) is 0 Å². The number of aliphatic hydroxyl groups is 1. The van der Waals surface area contributed by atoms with E-state index in [9.17, 15) is 18.3 Å². The molecule has 38 heavy (non-hydrogen) atoms. The number of nitrogens with one attached hydrogen (secondary N) is 1. The first-order valence-corrected chi connectivity index (χ1v) is 13.9. The summed E-state index contributed by atoms with van der Waals surface area (Å²) in [4.78, 5) is 14.7. The summed E-state index contributed by atoms with van der Waals surface area (Å²) in [6.07, 6.45) is 0.869. The van der Waals surface area contributed by atoms with Gasteiger partial charge in [-0.05, 0) is 42.7 Å². The Kier molecular flexibility index (Phi) is 8.58. The number of sulfonamides is 1. The van der Waals surface area contributed by atoms with E-state index in [1.165, 1.54) is 12.1 Å². The second-order valence-corrected chi connectivity index (χ2v) is 10.9. The molecule has 0 bridgehead atoms. The van der Waals surface area contributed by atoms with Gasteiger partial charge >= 0.3 is 0 Å². The van der Waals surface area contributed by atoms with Gasteiger partial charge in [0.05, 0.1) is 23.1 Å². The number of nitrogens with zero attached hydrogens (tertiary/aromatic N) is 1. The summed E-state index contributed by atoms with van der Waals surface area (Å²) in [5, 5.41) is 10.2. The van der Waals surface area contributed by atoms with Crippen molar-refractivity contribution >= 4 is 15.9 Å². The zero-order chi connectivity index (χ0) is 27.1. The molecule has 8 nitrogen and oxygen atoms in total. The number of carbonyl (C=O) groups is 1. The van der Waals surface area contributed by atoms with Gasteiger partial charge in [0.15, 0.2) is 0 Å². The van der Waals surface area contributed by atoms with Crippen LogP contribution in [0.2, 0.25) is 0 Å². The average Bonchev–Trinajstić information content (AvgIpc) is 2.91. The van der Waals surface area contributed by atoms with E-state index in [0.717, 1.165) is 16.8 Å². The Morgan fingerprint density at radius 2 is 1.76 bits per heavy atom. The maximum atomic E-state index is 12.7. The van der Waals surface area contributed by atoms with Crippen molar-refractivity contribution in [1.29, 1.82) is 0 Å². The first-order valence-electron chi connectivity index (χ1n) is 12.4. The van der Waals surface area contributed by atoms with E-state index in [1.54, 1.807) is 37.3 Å². The Bertz CT molecular complexity index is 1390. The molecule has 9 heteroatoms. The van der Waals surface area contributed by atoms with Crippen LogP contribution in [0.1, 0.15) is 24.5 Å². The van der Waals surface area contributed by atoms with Gasteiger partial charge in [-0.2, -0.15) is 0 Å². The van der Waals surface area contributed by atoms with E-state index in [0.29, 0.717) is 37.5 Å². The number of fused-ring (bicyclic) bond motifs is 1. The number of amides is 1. The SMILES string of the molecule is C/C(O)=C(\CCOc1ccc2c(c1)OCC(C(=O)NS(=O)(=O)c1ccccc1)C2)N(C)Cc1ccccc1. The maximum Gasteiger partial charge on any atom is 0.264 e. The third kappa shape index (κ3) is 6.86. The molecule has 1 aliphatic heterocycles. The summed E-state index contributed by atoms with van der Waals surface area (Å²) in [7, 11) is -2.00. The van der Waals surface area contributed by atoms with Gasteiger partial charge in [-0.1, -0.05) is 54.6 Å². The van der Waals surface area contributed by atoms with Crippen molar-refractivity contribution in [1.82, 2.24) is 9.62 Å². The molecular weight excluding hydrogens is 504 g/mol. The smallest absolute Gasteiger partial charge is 0.264 e. The molecule has 1 unspecified atom stereocenters. The molecule has 0 spiro atoms. The summed E-state index contributed by atoms with van der Waals surface area (Å²) in [5.41, 5.74) is 2.74. The van der Waals surface area contributed by atoms with E-state index in [1.807, 2.05) is 48.3 Å². The van der Waals surface area contributed by atoms with Gasteiger partial charge in [0.2, 0.25) is 5.91 Å². The highest BCUT2D eigenvalue weighted by Gasteiger charge is 2.29. The van der Waals surface area contributed by atoms with Crippen LogP contribution in [0.25, 0.3) is 0 Å². The number of benzene rings is 3. The third-order valence-electron chi connectivity index (χ3n) is 6.35. The van der Waals surface area contributed by atoms with Crippen LogP contribution < -0.4 is 14.2 Å². The Hall–Kier alpha value is -3.98. The van der Waals surface area contributed by atoms with Gasteiger partial charge in [0.1, 0.15) is 23.9 Å². The summed E-state index contributed by atoms with van der Waals surface area (Å²) < 4.78 is 38.9. The van der Waals surface area contributed by atoms with Crippen molar-refractivity contribution in [3.8, 4) is 11.5 Å². The second-order valence-electron chi connectivity index (χ2n) is 9.24. The first-order chi connectivity index (χ1) is 18.2. The largest absolute Gasteiger partial charge is 0.511 e. The topological polar surface area (TPSA) is 105 Å². The lowest BCUT2D eigenvalue weighted by Gasteiger charge is -2.25. The van der Waals surface area contributed by atoms with E-state index in [4.69, 9.17) is 9.47 Å². The van der Waals surface area contributed by atoms with Crippen LogP contribution in [-0.4, -0.2) is 44.6 Å². The highest BCUT2D eigenvalue weighted by molar-refractivity contribution is 7.90. The van der Waals surface area contributed by atoms with Crippen molar-refractivity contribution in [2.45, 2.75) is 31.2 Å². The predicted molar refractivity (Wildman–Crippen MR) is 144 cm³/mol. The van der Waals surface area contributed by atoms with Crippen molar-refractivity contribution in [2.75, 3.05) is 20.3 Å². The zero-order valence-corrected chi connectivity index (χ0v) is 22.3. The minimum atomic E-state index is -3.94. The molecule has 200 valence electrons. The molecular formula is C29H32N2O6S. The monoisotopic (exact) mass is 536 g/mol. The highest BCUT2D eigenvalue weighted by atomic mass is 32.2. The molecule has 0 saturated heterocycles. The highest BCUT2D eigenvalue weighted by Crippen LogP contribution is 2.31. The minimum Gasteiger partial charge on any atom is -0.511 e. The molecule has 0 radical (unpaired) electrons. The van der Waals surface area contributed by atoms with E-state index in [2.05, 4.69) is 4.72 Å². The molecule has 3 aromatic rings. The van der Waals surface area contributed by atoms with Crippen molar-refractivity contribution in [2.24, 2.45) is 5.92 Å². The van der Waals surface area contributed by atoms with E-state index >= 15 is 0 Å². The maximum absolute atomic E-state index is 12.7. The van der Waals surface area contributed by atoms with Gasteiger partial charge in [0.25, 0.3) is 10.0 Å². The third-order valence-corrected chi connectivity index (χ3v) is 7.72. The number of hydrogen-bond donors (Lipinski definition) is 2. The molecule has 3 aromatic carbocycles. The van der Waals surface area contributed by atoms with Crippen LogP contribution in [-0.2, 0) is 27.8 Å². The zero-order valence-electron chi connectivity index (χ0n) is 21.5. The lowest BCUT2D eigenvalue weighted by Crippen LogP contribution is -2.40. The molecule has 1 aliphatic rings. The normalized spacial score (nSPS) is 15.5. The van der Waals surface area contributed by atoms with Gasteiger partial charge < -0.3 is 19.5 Å². The number of allylic oxidation sites excluding steroid dienone is 1. The Balaban J connectivity index is 1.32. The molecule has 0 saturated carbocycles. The second kappa shape index (κ2) is 12.0. The Labute approximate surface area is 223 Å². The average molecular weight is 537 g/mol. The molecule has 0 aliphatic carbocycles. The lowest BCUT2D eigenvalue weighted by molar-refractivity contribution is -0.124.